The summed E-state index contributed by atoms with van der Waals surface area (Å²) in [5, 5.41) is 1.24. The zero-order valence-electron chi connectivity index (χ0n) is 13.8. The van der Waals surface area contributed by atoms with Crippen molar-refractivity contribution in [3.05, 3.63) is 58.1 Å². The Balaban J connectivity index is 1.54. The summed E-state index contributed by atoms with van der Waals surface area (Å²) in [6, 6.07) is 14.9. The van der Waals surface area contributed by atoms with E-state index in [9.17, 15) is 0 Å². The van der Waals surface area contributed by atoms with Crippen molar-refractivity contribution in [3.63, 3.8) is 0 Å². The minimum absolute atomic E-state index is 0.615. The highest BCUT2D eigenvalue weighted by molar-refractivity contribution is 7.99. The first-order chi connectivity index (χ1) is 11.7. The number of rotatable bonds is 5. The van der Waals surface area contributed by atoms with Crippen molar-refractivity contribution in [2.24, 2.45) is 0 Å². The monoisotopic (exact) mass is 380 g/mol. The van der Waals surface area contributed by atoms with Crippen LogP contribution in [0.15, 0.2) is 47.4 Å². The quantitative estimate of drug-likeness (QED) is 0.638. The third kappa shape index (κ3) is 4.60. The van der Waals surface area contributed by atoms with Gasteiger partial charge in [-0.3, -0.25) is 4.90 Å². The van der Waals surface area contributed by atoms with Gasteiger partial charge in [0.1, 0.15) is 0 Å². The number of hydrogen-bond donors (Lipinski definition) is 0. The molecule has 1 saturated heterocycles. The number of halogens is 2. The fraction of sp³-hybridized carbons (Fsp3) is 0.368. The third-order valence-electron chi connectivity index (χ3n) is 4.28. The van der Waals surface area contributed by atoms with Crippen LogP contribution in [-0.4, -0.2) is 36.8 Å². The van der Waals surface area contributed by atoms with Gasteiger partial charge in [0.05, 0.1) is 10.0 Å². The highest BCUT2D eigenvalue weighted by Crippen LogP contribution is 2.28. The van der Waals surface area contributed by atoms with Crippen molar-refractivity contribution >= 4 is 40.7 Å². The molecule has 1 fully saturated rings. The van der Waals surface area contributed by atoms with Crippen LogP contribution >= 0.6 is 35.0 Å². The number of thioether (sulfide) groups is 1. The highest BCUT2D eigenvalue weighted by atomic mass is 35.5. The van der Waals surface area contributed by atoms with Crippen molar-refractivity contribution in [1.29, 1.82) is 0 Å². The van der Waals surface area contributed by atoms with Crippen molar-refractivity contribution in [2.45, 2.75) is 18.4 Å². The predicted molar refractivity (Wildman–Crippen MR) is 107 cm³/mol. The lowest BCUT2D eigenvalue weighted by molar-refractivity contribution is 0.250. The summed E-state index contributed by atoms with van der Waals surface area (Å²) in [7, 11) is 0. The third-order valence-corrected chi connectivity index (χ3v) is 5.91. The maximum absolute atomic E-state index is 6.13. The first kappa shape index (κ1) is 17.9. The molecule has 1 aliphatic rings. The number of nitrogens with zero attached hydrogens (tertiary/aromatic N) is 2. The largest absolute Gasteiger partial charge is 0.369 e. The molecular formula is C19H22Cl2N2S. The number of hydrogen-bond acceptors (Lipinski definition) is 3. The van der Waals surface area contributed by atoms with Crippen LogP contribution in [0.1, 0.15) is 12.5 Å². The molecule has 0 unspecified atom stereocenters. The van der Waals surface area contributed by atoms with Gasteiger partial charge < -0.3 is 4.90 Å². The van der Waals surface area contributed by atoms with Gasteiger partial charge in [0.2, 0.25) is 0 Å². The second-order valence-electron chi connectivity index (χ2n) is 5.94. The molecule has 1 heterocycles. The Kier molecular flexibility index (Phi) is 6.34. The smallest absolute Gasteiger partial charge is 0.0612 e. The van der Waals surface area contributed by atoms with Gasteiger partial charge in [-0.15, -0.1) is 11.8 Å². The zero-order valence-corrected chi connectivity index (χ0v) is 16.2. The minimum atomic E-state index is 0.615. The van der Waals surface area contributed by atoms with Crippen molar-refractivity contribution in [3.8, 4) is 0 Å². The molecule has 0 atom stereocenters. The van der Waals surface area contributed by atoms with E-state index in [1.54, 1.807) is 0 Å². The predicted octanol–water partition coefficient (Wildman–Crippen LogP) is 5.43. The van der Waals surface area contributed by atoms with Crippen LogP contribution in [0.25, 0.3) is 0 Å². The maximum Gasteiger partial charge on any atom is 0.0612 e. The lowest BCUT2D eigenvalue weighted by Gasteiger charge is -2.36. The molecular weight excluding hydrogens is 359 g/mol. The van der Waals surface area contributed by atoms with Gasteiger partial charge in [0.25, 0.3) is 0 Å². The van der Waals surface area contributed by atoms with Gasteiger partial charge in [-0.1, -0.05) is 42.3 Å². The Morgan fingerprint density at radius 3 is 2.25 bits per heavy atom. The molecule has 3 rings (SSSR count). The number of piperazine rings is 1. The molecule has 5 heteroatoms. The molecule has 2 aromatic carbocycles. The van der Waals surface area contributed by atoms with Gasteiger partial charge in [-0.05, 0) is 41.6 Å². The van der Waals surface area contributed by atoms with Crippen LogP contribution in [0.3, 0.4) is 0 Å². The average Bonchev–Trinajstić information content (AvgIpc) is 2.60. The van der Waals surface area contributed by atoms with Crippen LogP contribution in [0.2, 0.25) is 10.0 Å². The number of anilines is 1. The molecule has 0 aromatic heterocycles. The topological polar surface area (TPSA) is 6.48 Å². The Labute approximate surface area is 158 Å². The van der Waals surface area contributed by atoms with E-state index < -0.39 is 0 Å². The first-order valence-corrected chi connectivity index (χ1v) is 10.0. The molecule has 128 valence electrons. The molecule has 0 aliphatic carbocycles. The van der Waals surface area contributed by atoms with E-state index in [1.807, 2.05) is 30.0 Å². The van der Waals surface area contributed by atoms with Crippen LogP contribution in [0.4, 0.5) is 5.69 Å². The summed E-state index contributed by atoms with van der Waals surface area (Å²) in [6.07, 6.45) is 0. The van der Waals surface area contributed by atoms with E-state index >= 15 is 0 Å². The molecule has 0 radical (unpaired) electrons. The molecule has 0 saturated carbocycles. The standard InChI is InChI=1S/C19H22Cl2N2S/c1-2-24-17-6-3-15(4-7-17)14-22-9-11-23(12-10-22)16-5-8-18(20)19(21)13-16/h3-8,13H,2,9-12,14H2,1H3. The second kappa shape index (κ2) is 8.48. The van der Waals surface area contributed by atoms with Gasteiger partial charge >= 0.3 is 0 Å². The summed E-state index contributed by atoms with van der Waals surface area (Å²) >= 11 is 14.0. The summed E-state index contributed by atoms with van der Waals surface area (Å²) in [5.41, 5.74) is 2.54. The summed E-state index contributed by atoms with van der Waals surface area (Å²) in [6.45, 7) is 7.36. The fourth-order valence-corrected chi connectivity index (χ4v) is 3.92. The van der Waals surface area contributed by atoms with Gasteiger partial charge in [-0.25, -0.2) is 0 Å². The molecule has 1 aliphatic heterocycles. The fourth-order valence-electron chi connectivity index (χ4n) is 2.96. The van der Waals surface area contributed by atoms with Crippen LogP contribution < -0.4 is 4.90 Å². The molecule has 0 spiro atoms. The lowest BCUT2D eigenvalue weighted by Crippen LogP contribution is -2.45. The Morgan fingerprint density at radius 1 is 0.917 bits per heavy atom. The van der Waals surface area contributed by atoms with E-state index in [1.165, 1.54) is 10.5 Å². The molecule has 0 N–H and O–H groups in total. The summed E-state index contributed by atoms with van der Waals surface area (Å²) in [4.78, 5) is 6.24. The molecule has 24 heavy (non-hydrogen) atoms. The lowest BCUT2D eigenvalue weighted by atomic mass is 10.2. The highest BCUT2D eigenvalue weighted by Gasteiger charge is 2.18. The van der Waals surface area contributed by atoms with Gasteiger partial charge in [0.15, 0.2) is 0 Å². The molecule has 2 aromatic rings. The zero-order chi connectivity index (χ0) is 16.9. The molecule has 0 amide bonds. The van der Waals surface area contributed by atoms with Crippen LogP contribution in [0, 0.1) is 0 Å². The summed E-state index contributed by atoms with van der Waals surface area (Å²) < 4.78 is 0. The minimum Gasteiger partial charge on any atom is -0.369 e. The van der Waals surface area contributed by atoms with Crippen molar-refractivity contribution < 1.29 is 0 Å². The number of benzene rings is 2. The Hall–Kier alpha value is -0.870. The van der Waals surface area contributed by atoms with E-state index in [-0.39, 0.29) is 0 Å². The van der Waals surface area contributed by atoms with E-state index in [2.05, 4.69) is 41.0 Å². The molecule has 2 nitrogen and oxygen atoms in total. The van der Waals surface area contributed by atoms with Gasteiger partial charge in [-0.2, -0.15) is 0 Å². The normalized spacial score (nSPS) is 15.7. The van der Waals surface area contributed by atoms with E-state index in [0.29, 0.717) is 10.0 Å². The van der Waals surface area contributed by atoms with Gasteiger partial charge in [0, 0.05) is 43.3 Å². The van der Waals surface area contributed by atoms with Crippen LogP contribution in [-0.2, 0) is 6.54 Å². The first-order valence-electron chi connectivity index (χ1n) is 8.30. The maximum atomic E-state index is 6.13. The van der Waals surface area contributed by atoms with E-state index in [0.717, 1.165) is 44.2 Å². The van der Waals surface area contributed by atoms with Crippen molar-refractivity contribution in [2.75, 3.05) is 36.8 Å². The Morgan fingerprint density at radius 2 is 1.62 bits per heavy atom. The Bertz CT molecular complexity index is 668. The molecule has 0 bridgehead atoms. The summed E-state index contributed by atoms with van der Waals surface area (Å²) in [5.74, 6) is 1.12. The van der Waals surface area contributed by atoms with Crippen LogP contribution in [0.5, 0.6) is 0 Å². The SMILES string of the molecule is CCSc1ccc(CN2CCN(c3ccc(Cl)c(Cl)c3)CC2)cc1. The van der Waals surface area contributed by atoms with Crippen molar-refractivity contribution in [1.82, 2.24) is 4.90 Å². The second-order valence-corrected chi connectivity index (χ2v) is 8.09. The van der Waals surface area contributed by atoms with E-state index in [4.69, 9.17) is 23.2 Å². The average molecular weight is 381 g/mol.